The highest BCUT2D eigenvalue weighted by Crippen LogP contribution is 2.20. The van der Waals surface area contributed by atoms with Gasteiger partial charge >= 0.3 is 5.97 Å². The van der Waals surface area contributed by atoms with E-state index in [1.807, 2.05) is 0 Å². The number of ether oxygens (including phenoxy) is 1. The number of hydrogen-bond acceptors (Lipinski definition) is 5. The third-order valence-electron chi connectivity index (χ3n) is 3.22. The van der Waals surface area contributed by atoms with Gasteiger partial charge < -0.3 is 14.5 Å². The van der Waals surface area contributed by atoms with E-state index in [1.165, 1.54) is 14.0 Å². The lowest BCUT2D eigenvalue weighted by Crippen LogP contribution is -2.49. The Balaban J connectivity index is 2.00. The minimum Gasteiger partial charge on any atom is -0.465 e. The maximum atomic E-state index is 12.3. The Morgan fingerprint density at radius 3 is 2.15 bits per heavy atom. The van der Waals surface area contributed by atoms with Gasteiger partial charge in [0, 0.05) is 33.1 Å². The average molecular weight is 296 g/mol. The molecule has 20 heavy (non-hydrogen) atoms. The zero-order valence-corrected chi connectivity index (χ0v) is 12.2. The van der Waals surface area contributed by atoms with Gasteiger partial charge in [-0.05, 0) is 12.1 Å². The first kappa shape index (κ1) is 14.5. The minimum atomic E-state index is -0.435. The number of methoxy groups -OCH3 is 1. The second-order valence-electron chi connectivity index (χ2n) is 4.45. The van der Waals surface area contributed by atoms with Gasteiger partial charge in [-0.2, -0.15) is 0 Å². The number of esters is 1. The maximum absolute atomic E-state index is 12.3. The highest BCUT2D eigenvalue weighted by atomic mass is 32.1. The van der Waals surface area contributed by atoms with Gasteiger partial charge in [-0.25, -0.2) is 4.79 Å². The van der Waals surface area contributed by atoms with Crippen molar-refractivity contribution in [3.63, 3.8) is 0 Å². The minimum absolute atomic E-state index is 0.0289. The van der Waals surface area contributed by atoms with Crippen LogP contribution in [0, 0.1) is 0 Å². The molecule has 108 valence electrons. The molecule has 0 unspecified atom stereocenters. The molecule has 0 bridgehead atoms. The number of carbonyl (C=O) groups excluding carboxylic acids is 3. The van der Waals surface area contributed by atoms with Gasteiger partial charge in [-0.1, -0.05) is 0 Å². The van der Waals surface area contributed by atoms with Gasteiger partial charge in [0.1, 0.15) is 4.88 Å². The fraction of sp³-hybridized carbons (Fsp3) is 0.462. The van der Waals surface area contributed by atoms with Crippen molar-refractivity contribution in [2.45, 2.75) is 6.92 Å². The molecular formula is C13H16N2O4S. The van der Waals surface area contributed by atoms with E-state index in [0.717, 1.165) is 11.3 Å². The van der Waals surface area contributed by atoms with Crippen molar-refractivity contribution in [1.29, 1.82) is 0 Å². The maximum Gasteiger partial charge on any atom is 0.348 e. The molecule has 2 rings (SSSR count). The fourth-order valence-corrected chi connectivity index (χ4v) is 2.94. The molecule has 1 aromatic heterocycles. The molecule has 6 nitrogen and oxygen atoms in total. The molecule has 2 heterocycles. The summed E-state index contributed by atoms with van der Waals surface area (Å²) in [5.74, 6) is -0.509. The molecule has 0 aromatic carbocycles. The molecule has 0 spiro atoms. The van der Waals surface area contributed by atoms with Crippen LogP contribution in [0.5, 0.6) is 0 Å². The van der Waals surface area contributed by atoms with E-state index < -0.39 is 5.97 Å². The van der Waals surface area contributed by atoms with Gasteiger partial charge in [0.05, 0.1) is 12.0 Å². The van der Waals surface area contributed by atoms with Crippen molar-refractivity contribution in [2.75, 3.05) is 33.3 Å². The number of rotatable bonds is 2. The highest BCUT2D eigenvalue weighted by Gasteiger charge is 2.24. The van der Waals surface area contributed by atoms with Crippen LogP contribution in [0.4, 0.5) is 0 Å². The third-order valence-corrected chi connectivity index (χ3v) is 4.27. The van der Waals surface area contributed by atoms with Crippen LogP contribution in [0.3, 0.4) is 0 Å². The second kappa shape index (κ2) is 6.04. The highest BCUT2D eigenvalue weighted by molar-refractivity contribution is 7.15. The van der Waals surface area contributed by atoms with E-state index in [-0.39, 0.29) is 11.8 Å². The summed E-state index contributed by atoms with van der Waals surface area (Å²) in [6.45, 7) is 3.67. The summed E-state index contributed by atoms with van der Waals surface area (Å²) in [4.78, 5) is 39.2. The summed E-state index contributed by atoms with van der Waals surface area (Å²) < 4.78 is 4.62. The Kier molecular flexibility index (Phi) is 4.39. The quantitative estimate of drug-likeness (QED) is 0.759. The zero-order chi connectivity index (χ0) is 14.7. The van der Waals surface area contributed by atoms with Crippen molar-refractivity contribution in [2.24, 2.45) is 0 Å². The summed E-state index contributed by atoms with van der Waals surface area (Å²) in [6, 6.07) is 3.23. The molecule has 2 amide bonds. The molecule has 7 heteroatoms. The molecule has 1 aliphatic heterocycles. The Morgan fingerprint density at radius 2 is 1.60 bits per heavy atom. The van der Waals surface area contributed by atoms with E-state index in [0.29, 0.717) is 35.9 Å². The number of carbonyl (C=O) groups is 3. The first-order valence-corrected chi connectivity index (χ1v) is 7.07. The van der Waals surface area contributed by atoms with E-state index in [2.05, 4.69) is 4.74 Å². The molecule has 0 aliphatic carbocycles. The van der Waals surface area contributed by atoms with Crippen molar-refractivity contribution >= 4 is 29.1 Å². The van der Waals surface area contributed by atoms with Crippen LogP contribution in [-0.4, -0.2) is 60.9 Å². The zero-order valence-electron chi connectivity index (χ0n) is 11.4. The lowest BCUT2D eigenvalue weighted by Gasteiger charge is -2.33. The predicted molar refractivity (Wildman–Crippen MR) is 73.8 cm³/mol. The van der Waals surface area contributed by atoms with Gasteiger partial charge in [0.25, 0.3) is 5.91 Å². The van der Waals surface area contributed by atoms with Crippen LogP contribution in [0.25, 0.3) is 0 Å². The molecule has 0 N–H and O–H groups in total. The number of piperazine rings is 1. The summed E-state index contributed by atoms with van der Waals surface area (Å²) in [7, 11) is 1.31. The van der Waals surface area contributed by atoms with Gasteiger partial charge in [0.2, 0.25) is 5.91 Å². The third kappa shape index (κ3) is 2.98. The van der Waals surface area contributed by atoms with E-state index in [4.69, 9.17) is 0 Å². The molecule has 1 saturated heterocycles. The van der Waals surface area contributed by atoms with Crippen molar-refractivity contribution < 1.29 is 19.1 Å². The summed E-state index contributed by atoms with van der Waals surface area (Å²) in [5.41, 5.74) is 0. The first-order valence-electron chi connectivity index (χ1n) is 6.26. The standard InChI is InChI=1S/C13H16N2O4S/c1-9(16)14-5-7-15(8-6-14)12(17)10-3-4-11(20-10)13(18)19-2/h3-4H,5-8H2,1-2H3. The largest absolute Gasteiger partial charge is 0.465 e. The average Bonchev–Trinajstić information content (AvgIpc) is 2.95. The van der Waals surface area contributed by atoms with E-state index in [9.17, 15) is 14.4 Å². The van der Waals surface area contributed by atoms with E-state index in [1.54, 1.807) is 21.9 Å². The van der Waals surface area contributed by atoms with Gasteiger partial charge in [-0.15, -0.1) is 11.3 Å². The smallest absolute Gasteiger partial charge is 0.348 e. The fourth-order valence-electron chi connectivity index (χ4n) is 2.04. The number of amides is 2. The van der Waals surface area contributed by atoms with Crippen LogP contribution in [0.2, 0.25) is 0 Å². The van der Waals surface area contributed by atoms with Crippen molar-refractivity contribution in [3.8, 4) is 0 Å². The van der Waals surface area contributed by atoms with Gasteiger partial charge in [-0.3, -0.25) is 9.59 Å². The molecule has 0 saturated carbocycles. The molecule has 1 aromatic rings. The monoisotopic (exact) mass is 296 g/mol. The molecule has 1 aliphatic rings. The molecule has 1 fully saturated rings. The predicted octanol–water partition coefficient (Wildman–Crippen LogP) is 0.839. The number of thiophene rings is 1. The van der Waals surface area contributed by atoms with Crippen LogP contribution >= 0.6 is 11.3 Å². The van der Waals surface area contributed by atoms with Crippen LogP contribution in [0.1, 0.15) is 26.3 Å². The Hall–Kier alpha value is -1.89. The van der Waals surface area contributed by atoms with E-state index >= 15 is 0 Å². The summed E-state index contributed by atoms with van der Waals surface area (Å²) in [5, 5.41) is 0. The Bertz CT molecular complexity index is 532. The van der Waals surface area contributed by atoms with Crippen molar-refractivity contribution in [1.82, 2.24) is 9.80 Å². The summed E-state index contributed by atoms with van der Waals surface area (Å²) >= 11 is 1.13. The SMILES string of the molecule is COC(=O)c1ccc(C(=O)N2CCN(C(C)=O)CC2)s1. The van der Waals surface area contributed by atoms with Crippen LogP contribution in [0.15, 0.2) is 12.1 Å². The number of nitrogens with zero attached hydrogens (tertiary/aromatic N) is 2. The topological polar surface area (TPSA) is 66.9 Å². The Labute approximate surface area is 120 Å². The van der Waals surface area contributed by atoms with Crippen LogP contribution in [-0.2, 0) is 9.53 Å². The normalized spacial score (nSPS) is 15.1. The first-order chi connectivity index (χ1) is 9.52. The molecule has 0 radical (unpaired) electrons. The lowest BCUT2D eigenvalue weighted by atomic mass is 10.3. The molecule has 0 atom stereocenters. The van der Waals surface area contributed by atoms with Crippen molar-refractivity contribution in [3.05, 3.63) is 21.9 Å². The van der Waals surface area contributed by atoms with Gasteiger partial charge in [0.15, 0.2) is 0 Å². The second-order valence-corrected chi connectivity index (χ2v) is 5.54. The Morgan fingerprint density at radius 1 is 1.05 bits per heavy atom. The number of hydrogen-bond donors (Lipinski definition) is 0. The summed E-state index contributed by atoms with van der Waals surface area (Å²) in [6.07, 6.45) is 0. The van der Waals surface area contributed by atoms with Crippen LogP contribution < -0.4 is 0 Å². The molecular weight excluding hydrogens is 280 g/mol. The lowest BCUT2D eigenvalue weighted by molar-refractivity contribution is -0.130.